The lowest BCUT2D eigenvalue weighted by atomic mass is 10.2. The Morgan fingerprint density at radius 2 is 2.03 bits per heavy atom. The van der Waals surface area contributed by atoms with Crippen molar-refractivity contribution in [3.8, 4) is 17.4 Å². The van der Waals surface area contributed by atoms with Crippen LogP contribution in [0.3, 0.4) is 0 Å². The SMILES string of the molecule is COc1cc(C=NNC(=O)c2cccc(F)c2)ccc1Oc1ccc([N+](=O)[O-])cn1. The molecule has 0 bridgehead atoms. The number of carbonyl (C=O) groups is 1. The standard InChI is InChI=1S/C20H15FN4O5/c1-29-18-9-13(11-23-24-20(26)14-3-2-4-15(21)10-14)5-7-17(18)30-19-8-6-16(12-22-19)25(27)28/h2-12H,1H3,(H,24,26). The third kappa shape index (κ3) is 5.13. The summed E-state index contributed by atoms with van der Waals surface area (Å²) in [5.41, 5.74) is 2.89. The van der Waals surface area contributed by atoms with Crippen LogP contribution in [0.25, 0.3) is 0 Å². The second kappa shape index (κ2) is 9.24. The van der Waals surface area contributed by atoms with Crippen LogP contribution in [0.1, 0.15) is 15.9 Å². The zero-order valence-electron chi connectivity index (χ0n) is 15.6. The summed E-state index contributed by atoms with van der Waals surface area (Å²) < 4.78 is 24.0. The number of hydrogen-bond acceptors (Lipinski definition) is 7. The molecule has 1 N–H and O–H groups in total. The molecular weight excluding hydrogens is 395 g/mol. The van der Waals surface area contributed by atoms with Crippen LogP contribution < -0.4 is 14.9 Å². The van der Waals surface area contributed by atoms with Crippen molar-refractivity contribution in [3.63, 3.8) is 0 Å². The van der Waals surface area contributed by atoms with Crippen LogP contribution in [0.5, 0.6) is 17.4 Å². The Hall–Kier alpha value is -4.34. The fraction of sp³-hybridized carbons (Fsp3) is 0.0500. The first kappa shape index (κ1) is 20.4. The summed E-state index contributed by atoms with van der Waals surface area (Å²) in [7, 11) is 1.44. The number of ether oxygens (including phenoxy) is 2. The van der Waals surface area contributed by atoms with Crippen LogP contribution in [0.15, 0.2) is 65.9 Å². The van der Waals surface area contributed by atoms with E-state index in [0.29, 0.717) is 17.1 Å². The number of pyridine rings is 1. The van der Waals surface area contributed by atoms with Gasteiger partial charge in [0.2, 0.25) is 5.88 Å². The molecule has 0 fully saturated rings. The summed E-state index contributed by atoms with van der Waals surface area (Å²) in [6.07, 6.45) is 2.47. The minimum Gasteiger partial charge on any atom is -0.493 e. The van der Waals surface area contributed by atoms with Crippen molar-refractivity contribution < 1.29 is 23.6 Å². The van der Waals surface area contributed by atoms with Gasteiger partial charge in [-0.2, -0.15) is 5.10 Å². The number of benzene rings is 2. The summed E-state index contributed by atoms with van der Waals surface area (Å²) in [5.74, 6) is -0.227. The van der Waals surface area contributed by atoms with Gasteiger partial charge in [0.25, 0.3) is 11.6 Å². The van der Waals surface area contributed by atoms with E-state index in [2.05, 4.69) is 15.5 Å². The first-order valence-corrected chi connectivity index (χ1v) is 8.51. The molecule has 0 atom stereocenters. The van der Waals surface area contributed by atoms with Gasteiger partial charge in [0.05, 0.1) is 18.2 Å². The fourth-order valence-electron chi connectivity index (χ4n) is 2.36. The Bertz CT molecular complexity index is 1100. The van der Waals surface area contributed by atoms with Crippen LogP contribution in [-0.4, -0.2) is 29.1 Å². The molecule has 1 heterocycles. The molecule has 1 amide bonds. The first-order chi connectivity index (χ1) is 14.5. The van der Waals surface area contributed by atoms with E-state index >= 15 is 0 Å². The number of nitrogens with zero attached hydrogens (tertiary/aromatic N) is 3. The zero-order valence-corrected chi connectivity index (χ0v) is 15.6. The highest BCUT2D eigenvalue weighted by Gasteiger charge is 2.10. The molecule has 0 radical (unpaired) electrons. The minimum atomic E-state index is -0.557. The lowest BCUT2D eigenvalue weighted by Crippen LogP contribution is -2.17. The summed E-state index contributed by atoms with van der Waals surface area (Å²) in [6, 6.07) is 12.7. The molecule has 1 aromatic heterocycles. The zero-order chi connectivity index (χ0) is 21.5. The maximum Gasteiger partial charge on any atom is 0.287 e. The van der Waals surface area contributed by atoms with Crippen molar-refractivity contribution in [2.45, 2.75) is 0 Å². The van der Waals surface area contributed by atoms with Crippen molar-refractivity contribution in [2.75, 3.05) is 7.11 Å². The van der Waals surface area contributed by atoms with E-state index in [4.69, 9.17) is 9.47 Å². The fourth-order valence-corrected chi connectivity index (χ4v) is 2.36. The highest BCUT2D eigenvalue weighted by Crippen LogP contribution is 2.31. The molecule has 0 saturated carbocycles. The van der Waals surface area contributed by atoms with Crippen LogP contribution in [-0.2, 0) is 0 Å². The predicted molar refractivity (Wildman–Crippen MR) is 105 cm³/mol. The van der Waals surface area contributed by atoms with Crippen LogP contribution in [0.2, 0.25) is 0 Å². The van der Waals surface area contributed by atoms with Crippen molar-refractivity contribution in [3.05, 3.63) is 87.9 Å². The maximum absolute atomic E-state index is 13.2. The number of carbonyl (C=O) groups excluding carboxylic acids is 1. The Labute approximate surface area is 169 Å². The quantitative estimate of drug-likeness (QED) is 0.361. The van der Waals surface area contributed by atoms with Gasteiger partial charge in [-0.3, -0.25) is 14.9 Å². The van der Waals surface area contributed by atoms with Crippen LogP contribution in [0.4, 0.5) is 10.1 Å². The maximum atomic E-state index is 13.2. The lowest BCUT2D eigenvalue weighted by molar-refractivity contribution is -0.385. The number of nitro groups is 1. The number of nitrogens with one attached hydrogen (secondary N) is 1. The molecule has 152 valence electrons. The summed E-state index contributed by atoms with van der Waals surface area (Å²) in [5, 5.41) is 14.5. The number of rotatable bonds is 7. The van der Waals surface area contributed by atoms with Crippen molar-refractivity contribution >= 4 is 17.8 Å². The van der Waals surface area contributed by atoms with E-state index in [1.165, 1.54) is 43.7 Å². The predicted octanol–water partition coefficient (Wildman–Crippen LogP) is 3.69. The van der Waals surface area contributed by atoms with Crippen LogP contribution >= 0.6 is 0 Å². The van der Waals surface area contributed by atoms with Gasteiger partial charge < -0.3 is 9.47 Å². The molecule has 2 aromatic carbocycles. The van der Waals surface area contributed by atoms with Gasteiger partial charge in [-0.05, 0) is 42.0 Å². The molecule has 0 spiro atoms. The molecule has 0 aliphatic carbocycles. The van der Waals surface area contributed by atoms with E-state index < -0.39 is 16.6 Å². The molecule has 3 rings (SSSR count). The monoisotopic (exact) mass is 410 g/mol. The van der Waals surface area contributed by atoms with Crippen molar-refractivity contribution in [1.82, 2.24) is 10.4 Å². The number of aromatic nitrogens is 1. The topological polar surface area (TPSA) is 116 Å². The van der Waals surface area contributed by atoms with Gasteiger partial charge in [0.1, 0.15) is 12.0 Å². The highest BCUT2D eigenvalue weighted by atomic mass is 19.1. The molecule has 9 nitrogen and oxygen atoms in total. The van der Waals surface area contributed by atoms with Gasteiger partial charge in [0.15, 0.2) is 11.5 Å². The number of hydrogen-bond donors (Lipinski definition) is 1. The Morgan fingerprint density at radius 3 is 2.70 bits per heavy atom. The van der Waals surface area contributed by atoms with Gasteiger partial charge in [-0.1, -0.05) is 6.07 Å². The normalized spacial score (nSPS) is 10.6. The third-order valence-corrected chi connectivity index (χ3v) is 3.80. The third-order valence-electron chi connectivity index (χ3n) is 3.80. The molecule has 0 saturated heterocycles. The smallest absolute Gasteiger partial charge is 0.287 e. The van der Waals surface area contributed by atoms with Gasteiger partial charge in [-0.15, -0.1) is 0 Å². The van der Waals surface area contributed by atoms with Crippen molar-refractivity contribution in [2.24, 2.45) is 5.10 Å². The number of hydrazone groups is 1. The largest absolute Gasteiger partial charge is 0.493 e. The van der Waals surface area contributed by atoms with Gasteiger partial charge in [-0.25, -0.2) is 14.8 Å². The van der Waals surface area contributed by atoms with Crippen LogP contribution in [0, 0.1) is 15.9 Å². The molecule has 3 aromatic rings. The van der Waals surface area contributed by atoms with E-state index in [0.717, 1.165) is 12.3 Å². The Balaban J connectivity index is 1.68. The number of halogens is 1. The van der Waals surface area contributed by atoms with E-state index in [1.54, 1.807) is 18.2 Å². The number of methoxy groups -OCH3 is 1. The Morgan fingerprint density at radius 1 is 1.20 bits per heavy atom. The average Bonchev–Trinajstić information content (AvgIpc) is 2.75. The lowest BCUT2D eigenvalue weighted by Gasteiger charge is -2.10. The second-order valence-electron chi connectivity index (χ2n) is 5.83. The van der Waals surface area contributed by atoms with Crippen molar-refractivity contribution in [1.29, 1.82) is 0 Å². The first-order valence-electron chi connectivity index (χ1n) is 8.51. The Kier molecular flexibility index (Phi) is 6.28. The second-order valence-corrected chi connectivity index (χ2v) is 5.83. The molecule has 0 unspecified atom stereocenters. The van der Waals surface area contributed by atoms with E-state index in [9.17, 15) is 19.3 Å². The van der Waals surface area contributed by atoms with E-state index in [-0.39, 0.29) is 17.1 Å². The molecule has 0 aliphatic heterocycles. The van der Waals surface area contributed by atoms with E-state index in [1.807, 2.05) is 0 Å². The number of amides is 1. The summed E-state index contributed by atoms with van der Waals surface area (Å²) in [6.45, 7) is 0. The van der Waals surface area contributed by atoms with Gasteiger partial charge in [0, 0.05) is 17.7 Å². The highest BCUT2D eigenvalue weighted by molar-refractivity contribution is 5.94. The van der Waals surface area contributed by atoms with Gasteiger partial charge >= 0.3 is 0 Å². The molecular formula is C20H15FN4O5. The summed E-state index contributed by atoms with van der Waals surface area (Å²) in [4.78, 5) is 26.0. The average molecular weight is 410 g/mol. The summed E-state index contributed by atoms with van der Waals surface area (Å²) >= 11 is 0. The molecule has 10 heteroatoms. The molecule has 30 heavy (non-hydrogen) atoms. The minimum absolute atomic E-state index is 0.143. The molecule has 0 aliphatic rings.